The average Bonchev–Trinajstić information content (AvgIpc) is 2.81. The minimum absolute atomic E-state index is 0.0461. The van der Waals surface area contributed by atoms with Gasteiger partial charge in [0.25, 0.3) is 0 Å². The van der Waals surface area contributed by atoms with E-state index in [2.05, 4.69) is 10.3 Å². The Hall–Kier alpha value is -2.08. The van der Waals surface area contributed by atoms with Crippen LogP contribution in [0.2, 0.25) is 0 Å². The van der Waals surface area contributed by atoms with Gasteiger partial charge in [0.1, 0.15) is 16.4 Å². The maximum atomic E-state index is 12.1. The Morgan fingerprint density at radius 1 is 1.36 bits per heavy atom. The smallest absolute Gasteiger partial charge is 0.189 e. The van der Waals surface area contributed by atoms with Crippen LogP contribution in [0.1, 0.15) is 36.9 Å². The lowest BCUT2D eigenvalue weighted by Crippen LogP contribution is -2.04. The van der Waals surface area contributed by atoms with Crippen LogP contribution >= 0.6 is 11.3 Å². The van der Waals surface area contributed by atoms with Crippen molar-refractivity contribution in [1.82, 2.24) is 4.98 Å². The summed E-state index contributed by atoms with van der Waals surface area (Å²) in [4.78, 5) is 16.9. The fourth-order valence-corrected chi connectivity index (χ4v) is 2.83. The van der Waals surface area contributed by atoms with Crippen LogP contribution in [0.25, 0.3) is 0 Å². The van der Waals surface area contributed by atoms with Crippen LogP contribution < -0.4 is 15.8 Å². The number of hydrogen-bond acceptors (Lipinski definition) is 6. The summed E-state index contributed by atoms with van der Waals surface area (Å²) >= 11 is 1.29. The highest BCUT2D eigenvalue weighted by Crippen LogP contribution is 2.30. The summed E-state index contributed by atoms with van der Waals surface area (Å²) < 4.78 is 5.40. The topological polar surface area (TPSA) is 77.2 Å². The maximum Gasteiger partial charge on any atom is 0.189 e. The number of nitrogens with zero attached hydrogens (tertiary/aromatic N) is 1. The average molecular weight is 319 g/mol. The van der Waals surface area contributed by atoms with E-state index in [0.717, 1.165) is 11.4 Å². The molecule has 0 fully saturated rings. The summed E-state index contributed by atoms with van der Waals surface area (Å²) in [5, 5.41) is 3.78. The lowest BCUT2D eigenvalue weighted by Gasteiger charge is -2.05. The molecular weight excluding hydrogens is 298 g/mol. The SMILES string of the molecule is CCOc1ccc(Nc2nc(N)c(C(=O)CC(C)C)s2)cc1. The second kappa shape index (κ2) is 7.26. The van der Waals surface area contributed by atoms with Gasteiger partial charge < -0.3 is 15.8 Å². The second-order valence-electron chi connectivity index (χ2n) is 5.34. The van der Waals surface area contributed by atoms with Gasteiger partial charge in [-0.05, 0) is 37.1 Å². The number of benzene rings is 1. The molecule has 0 saturated heterocycles. The van der Waals surface area contributed by atoms with Gasteiger partial charge in [0, 0.05) is 12.1 Å². The summed E-state index contributed by atoms with van der Waals surface area (Å²) in [6, 6.07) is 7.57. The fourth-order valence-electron chi connectivity index (χ4n) is 1.97. The number of thiazole rings is 1. The first kappa shape index (κ1) is 16.3. The molecule has 1 heterocycles. The molecule has 0 spiro atoms. The Morgan fingerprint density at radius 2 is 2.05 bits per heavy atom. The van der Waals surface area contributed by atoms with Crippen LogP contribution in [0.3, 0.4) is 0 Å². The van der Waals surface area contributed by atoms with E-state index >= 15 is 0 Å². The highest BCUT2D eigenvalue weighted by atomic mass is 32.1. The number of aromatic nitrogens is 1. The Balaban J connectivity index is 2.09. The third-order valence-electron chi connectivity index (χ3n) is 2.92. The predicted molar refractivity (Wildman–Crippen MR) is 91.2 cm³/mol. The summed E-state index contributed by atoms with van der Waals surface area (Å²) in [5.41, 5.74) is 6.73. The second-order valence-corrected chi connectivity index (χ2v) is 6.34. The number of Topliss-reactive ketones (excluding diaryl/α,β-unsaturated/α-hetero) is 1. The van der Waals surface area contributed by atoms with E-state index in [0.29, 0.717) is 34.8 Å². The third kappa shape index (κ3) is 4.21. The van der Waals surface area contributed by atoms with Crippen molar-refractivity contribution in [1.29, 1.82) is 0 Å². The molecule has 0 aliphatic heterocycles. The quantitative estimate of drug-likeness (QED) is 0.751. The van der Waals surface area contributed by atoms with Gasteiger partial charge in [-0.1, -0.05) is 25.2 Å². The number of ketones is 1. The van der Waals surface area contributed by atoms with Crippen LogP contribution in [0, 0.1) is 5.92 Å². The van der Waals surface area contributed by atoms with Gasteiger partial charge in [-0.25, -0.2) is 4.98 Å². The molecule has 0 aliphatic rings. The van der Waals surface area contributed by atoms with E-state index < -0.39 is 0 Å². The molecule has 118 valence electrons. The Kier molecular flexibility index (Phi) is 5.38. The highest BCUT2D eigenvalue weighted by molar-refractivity contribution is 7.18. The van der Waals surface area contributed by atoms with Crippen molar-refractivity contribution in [2.24, 2.45) is 5.92 Å². The predicted octanol–water partition coefficient (Wildman–Crippen LogP) is 4.10. The molecule has 3 N–H and O–H groups in total. The van der Waals surface area contributed by atoms with Crippen LogP contribution in [0.4, 0.5) is 16.6 Å². The minimum Gasteiger partial charge on any atom is -0.494 e. The first-order valence-corrected chi connectivity index (χ1v) is 8.10. The molecule has 0 atom stereocenters. The Labute approximate surface area is 134 Å². The minimum atomic E-state index is 0.0461. The summed E-state index contributed by atoms with van der Waals surface area (Å²) in [7, 11) is 0. The molecule has 22 heavy (non-hydrogen) atoms. The molecule has 0 aliphatic carbocycles. The van der Waals surface area contributed by atoms with Crippen LogP contribution in [0.15, 0.2) is 24.3 Å². The largest absolute Gasteiger partial charge is 0.494 e. The number of rotatable bonds is 7. The van der Waals surface area contributed by atoms with Gasteiger partial charge in [-0.15, -0.1) is 0 Å². The molecule has 6 heteroatoms. The lowest BCUT2D eigenvalue weighted by atomic mass is 10.1. The molecular formula is C16H21N3O2S. The van der Waals surface area contributed by atoms with Gasteiger partial charge in [-0.3, -0.25) is 4.79 Å². The van der Waals surface area contributed by atoms with E-state index in [-0.39, 0.29) is 5.78 Å². The Morgan fingerprint density at radius 3 is 2.64 bits per heavy atom. The standard InChI is InChI=1S/C16H21N3O2S/c1-4-21-12-7-5-11(6-8-12)18-16-19-15(17)14(22-16)13(20)9-10(2)3/h5-8,10H,4,9,17H2,1-3H3,(H,18,19). The van der Waals surface area contributed by atoms with E-state index in [1.54, 1.807) is 0 Å². The summed E-state index contributed by atoms with van der Waals surface area (Å²) in [6.45, 7) is 6.60. The van der Waals surface area contributed by atoms with E-state index in [1.807, 2.05) is 45.0 Å². The molecule has 0 unspecified atom stereocenters. The van der Waals surface area contributed by atoms with Crippen molar-refractivity contribution in [3.63, 3.8) is 0 Å². The number of nitrogens with two attached hydrogens (primary N) is 1. The first-order chi connectivity index (χ1) is 10.5. The number of carbonyl (C=O) groups excluding carboxylic acids is 1. The van der Waals surface area contributed by atoms with Crippen molar-refractivity contribution in [3.05, 3.63) is 29.1 Å². The van der Waals surface area contributed by atoms with Crippen molar-refractivity contribution >= 4 is 33.8 Å². The molecule has 0 saturated carbocycles. The monoisotopic (exact) mass is 319 g/mol. The zero-order chi connectivity index (χ0) is 16.1. The zero-order valence-corrected chi connectivity index (χ0v) is 13.9. The summed E-state index contributed by atoms with van der Waals surface area (Å²) in [6.07, 6.45) is 0.481. The molecule has 0 radical (unpaired) electrons. The maximum absolute atomic E-state index is 12.1. The van der Waals surface area contributed by atoms with Crippen molar-refractivity contribution in [2.75, 3.05) is 17.7 Å². The molecule has 1 aromatic carbocycles. The highest BCUT2D eigenvalue weighted by Gasteiger charge is 2.17. The Bertz CT molecular complexity index is 635. The molecule has 2 rings (SSSR count). The molecule has 0 amide bonds. The molecule has 2 aromatic rings. The van der Waals surface area contributed by atoms with Crippen molar-refractivity contribution in [2.45, 2.75) is 27.2 Å². The molecule has 1 aromatic heterocycles. The zero-order valence-electron chi connectivity index (χ0n) is 13.1. The van der Waals surface area contributed by atoms with Crippen LogP contribution in [-0.4, -0.2) is 17.4 Å². The number of ether oxygens (including phenoxy) is 1. The molecule has 5 nitrogen and oxygen atoms in total. The summed E-state index contributed by atoms with van der Waals surface area (Å²) in [5.74, 6) is 1.46. The van der Waals surface area contributed by atoms with Crippen LogP contribution in [-0.2, 0) is 0 Å². The van der Waals surface area contributed by atoms with E-state index in [1.165, 1.54) is 11.3 Å². The van der Waals surface area contributed by atoms with Gasteiger partial charge >= 0.3 is 0 Å². The number of carbonyl (C=O) groups is 1. The third-order valence-corrected chi connectivity index (χ3v) is 3.94. The van der Waals surface area contributed by atoms with E-state index in [4.69, 9.17) is 10.5 Å². The normalized spacial score (nSPS) is 10.7. The van der Waals surface area contributed by atoms with Gasteiger partial charge in [-0.2, -0.15) is 0 Å². The lowest BCUT2D eigenvalue weighted by molar-refractivity contribution is 0.0972. The molecule has 0 bridgehead atoms. The van der Waals surface area contributed by atoms with Crippen molar-refractivity contribution in [3.8, 4) is 5.75 Å². The van der Waals surface area contributed by atoms with Gasteiger partial charge in [0.2, 0.25) is 0 Å². The number of nitrogens with one attached hydrogen (secondary N) is 1. The number of hydrogen-bond donors (Lipinski definition) is 2. The number of anilines is 3. The van der Waals surface area contributed by atoms with Crippen molar-refractivity contribution < 1.29 is 9.53 Å². The van der Waals surface area contributed by atoms with Gasteiger partial charge in [0.15, 0.2) is 10.9 Å². The number of nitrogen functional groups attached to an aromatic ring is 1. The first-order valence-electron chi connectivity index (χ1n) is 7.29. The van der Waals surface area contributed by atoms with E-state index in [9.17, 15) is 4.79 Å². The van der Waals surface area contributed by atoms with Crippen LogP contribution in [0.5, 0.6) is 5.75 Å². The fraction of sp³-hybridized carbons (Fsp3) is 0.375. The van der Waals surface area contributed by atoms with Gasteiger partial charge in [0.05, 0.1) is 6.61 Å².